The maximum atomic E-state index is 13.5. The molecule has 0 bridgehead atoms. The molecule has 1 amide bonds. The Hall–Kier alpha value is -4.08. The number of anilines is 1. The van der Waals surface area contributed by atoms with E-state index >= 15 is 0 Å². The second-order valence-corrected chi connectivity index (χ2v) is 10.3. The molecule has 214 valence electrons. The van der Waals surface area contributed by atoms with Crippen LogP contribution in [-0.2, 0) is 20.7 Å². The summed E-state index contributed by atoms with van der Waals surface area (Å²) >= 11 is 0. The predicted octanol–water partition coefficient (Wildman–Crippen LogP) is 5.73. The van der Waals surface area contributed by atoms with Crippen LogP contribution in [0.4, 0.5) is 5.69 Å². The van der Waals surface area contributed by atoms with E-state index in [1.165, 1.54) is 0 Å². The van der Waals surface area contributed by atoms with Crippen molar-refractivity contribution < 1.29 is 14.3 Å². The van der Waals surface area contributed by atoms with Gasteiger partial charge in [0.15, 0.2) is 0 Å². The standard InChI is InChI=1S/C30H40N6O4/c1-4-15-36(16-5-14-32-39)30(38)26-17-25-12-11-24(18-27(25)33-28(19-26)34-35-31)23-9-6-22(7-10-23)8-13-29(37)40-20-21(2)3/h6-7,9-12,17-18,21,28,33H,4-5,8,13-16,19-20H2,1-3H3,(H2,31,34). The van der Waals surface area contributed by atoms with Crippen LogP contribution in [0.1, 0.15) is 57.6 Å². The molecule has 1 atom stereocenters. The normalized spacial score (nSPS) is 14.7. The number of hydrogen-bond donors (Lipinski definition) is 2. The minimum atomic E-state index is -0.505. The number of carbonyl (C=O) groups excluding carboxylic acids is 2. The van der Waals surface area contributed by atoms with Crippen LogP contribution < -0.4 is 11.2 Å². The summed E-state index contributed by atoms with van der Waals surface area (Å²) < 4.78 is 5.26. The van der Waals surface area contributed by atoms with Gasteiger partial charge in [-0.25, -0.2) is 0 Å². The van der Waals surface area contributed by atoms with Crippen molar-refractivity contribution in [2.24, 2.45) is 27.3 Å². The van der Waals surface area contributed by atoms with Crippen molar-refractivity contribution in [1.82, 2.24) is 4.90 Å². The molecule has 2 aromatic carbocycles. The van der Waals surface area contributed by atoms with Crippen molar-refractivity contribution >= 4 is 23.6 Å². The molecule has 0 saturated carbocycles. The molecule has 1 aliphatic rings. The van der Waals surface area contributed by atoms with E-state index < -0.39 is 6.17 Å². The first-order valence-corrected chi connectivity index (χ1v) is 13.9. The van der Waals surface area contributed by atoms with E-state index in [2.05, 4.69) is 20.8 Å². The molecule has 3 rings (SSSR count). The molecule has 10 nitrogen and oxygen atoms in total. The number of esters is 1. The lowest BCUT2D eigenvalue weighted by Crippen LogP contribution is -2.35. The first-order chi connectivity index (χ1) is 19.3. The Balaban J connectivity index is 1.79. The van der Waals surface area contributed by atoms with Crippen molar-refractivity contribution in [2.45, 2.75) is 59.0 Å². The second-order valence-electron chi connectivity index (χ2n) is 10.3. The maximum Gasteiger partial charge on any atom is 0.306 e. The Morgan fingerprint density at radius 2 is 1.88 bits per heavy atom. The molecule has 10 heteroatoms. The second kappa shape index (κ2) is 15.5. The van der Waals surface area contributed by atoms with Gasteiger partial charge in [0.2, 0.25) is 5.91 Å². The van der Waals surface area contributed by atoms with Crippen LogP contribution in [-0.4, -0.2) is 49.2 Å². The van der Waals surface area contributed by atoms with Crippen molar-refractivity contribution in [3.05, 3.63) is 64.1 Å². The fourth-order valence-electron chi connectivity index (χ4n) is 4.53. The Morgan fingerprint density at radius 1 is 1.12 bits per heavy atom. The van der Waals surface area contributed by atoms with Gasteiger partial charge >= 0.3 is 5.97 Å². The van der Waals surface area contributed by atoms with Crippen LogP contribution in [0, 0.1) is 10.8 Å². The summed E-state index contributed by atoms with van der Waals surface area (Å²) in [6.07, 6.45) is 4.01. The first kappa shape index (κ1) is 30.5. The van der Waals surface area contributed by atoms with Crippen molar-refractivity contribution in [3.63, 3.8) is 0 Å². The highest BCUT2D eigenvalue weighted by molar-refractivity contribution is 5.99. The third-order valence-electron chi connectivity index (χ3n) is 6.54. The van der Waals surface area contributed by atoms with Gasteiger partial charge in [0, 0.05) is 37.2 Å². The molecule has 1 unspecified atom stereocenters. The Kier molecular flexibility index (Phi) is 11.8. The molecule has 0 spiro atoms. The highest BCUT2D eigenvalue weighted by atomic mass is 16.5. The van der Waals surface area contributed by atoms with Gasteiger partial charge in [0.05, 0.1) is 13.2 Å². The first-order valence-electron chi connectivity index (χ1n) is 13.9. The predicted molar refractivity (Wildman–Crippen MR) is 157 cm³/mol. The van der Waals surface area contributed by atoms with Gasteiger partial charge in [-0.2, -0.15) is 4.91 Å². The number of nitrogens with one attached hydrogen (secondary N) is 1. The van der Waals surface area contributed by atoms with Crippen LogP contribution in [0.25, 0.3) is 17.2 Å². The molecule has 1 aliphatic heterocycles. The number of nitrogens with zero attached hydrogens (tertiary/aromatic N) is 4. The number of nitrogens with two attached hydrogens (primary N) is 1. The van der Waals surface area contributed by atoms with Crippen LogP contribution in [0.5, 0.6) is 0 Å². The number of rotatable bonds is 14. The number of amides is 1. The van der Waals surface area contributed by atoms with Crippen LogP contribution in [0.15, 0.2) is 63.6 Å². The third-order valence-corrected chi connectivity index (χ3v) is 6.54. The van der Waals surface area contributed by atoms with Gasteiger partial charge < -0.3 is 20.8 Å². The molecular weight excluding hydrogens is 508 g/mol. The Morgan fingerprint density at radius 3 is 2.55 bits per heavy atom. The maximum absolute atomic E-state index is 13.5. The summed E-state index contributed by atoms with van der Waals surface area (Å²) in [4.78, 5) is 37.7. The summed E-state index contributed by atoms with van der Waals surface area (Å²) in [5, 5.41) is 13.9. The van der Waals surface area contributed by atoms with E-state index in [1.54, 1.807) is 4.90 Å². The lowest BCUT2D eigenvalue weighted by atomic mass is 9.99. The monoisotopic (exact) mass is 548 g/mol. The number of carbonyl (C=O) groups is 2. The van der Waals surface area contributed by atoms with E-state index in [4.69, 9.17) is 10.6 Å². The molecule has 0 aliphatic carbocycles. The number of ether oxygens (including phenoxy) is 1. The highest BCUT2D eigenvalue weighted by Crippen LogP contribution is 2.32. The minimum Gasteiger partial charge on any atom is -0.465 e. The largest absolute Gasteiger partial charge is 0.465 e. The zero-order valence-electron chi connectivity index (χ0n) is 23.6. The lowest BCUT2D eigenvalue weighted by molar-refractivity contribution is -0.144. The zero-order chi connectivity index (χ0) is 28.9. The van der Waals surface area contributed by atoms with E-state index in [1.807, 2.05) is 69.3 Å². The molecule has 2 aromatic rings. The fourth-order valence-corrected chi connectivity index (χ4v) is 4.53. The summed E-state index contributed by atoms with van der Waals surface area (Å²) in [6, 6.07) is 14.1. The molecule has 1 heterocycles. The Bertz CT molecular complexity index is 1210. The minimum absolute atomic E-state index is 0.0904. The van der Waals surface area contributed by atoms with Crippen LogP contribution >= 0.6 is 0 Å². The average Bonchev–Trinajstić information content (AvgIpc) is 3.13. The van der Waals surface area contributed by atoms with Crippen LogP contribution in [0.3, 0.4) is 0 Å². The molecular formula is C30H40N6O4. The number of aryl methyl sites for hydroxylation is 1. The smallest absolute Gasteiger partial charge is 0.306 e. The van der Waals surface area contributed by atoms with E-state index in [-0.39, 0.29) is 18.4 Å². The van der Waals surface area contributed by atoms with E-state index in [0.717, 1.165) is 34.4 Å². The molecule has 0 fully saturated rings. The molecule has 0 radical (unpaired) electrons. The van der Waals surface area contributed by atoms with Crippen molar-refractivity contribution in [2.75, 3.05) is 31.6 Å². The van der Waals surface area contributed by atoms with Gasteiger partial charge in [0.25, 0.3) is 0 Å². The van der Waals surface area contributed by atoms with Gasteiger partial charge in [-0.1, -0.05) is 67.6 Å². The average molecular weight is 549 g/mol. The van der Waals surface area contributed by atoms with Gasteiger partial charge in [-0.15, -0.1) is 5.11 Å². The number of nitroso groups, excluding NO2 is 1. The highest BCUT2D eigenvalue weighted by Gasteiger charge is 2.25. The zero-order valence-corrected chi connectivity index (χ0v) is 23.6. The van der Waals surface area contributed by atoms with Crippen molar-refractivity contribution in [3.8, 4) is 11.1 Å². The number of hydrogen-bond acceptors (Lipinski definition) is 8. The molecule has 0 aromatic heterocycles. The topological polar surface area (TPSA) is 139 Å². The van der Waals surface area contributed by atoms with Crippen molar-refractivity contribution in [1.29, 1.82) is 0 Å². The molecule has 40 heavy (non-hydrogen) atoms. The van der Waals surface area contributed by atoms with Crippen LogP contribution in [0.2, 0.25) is 0 Å². The summed E-state index contributed by atoms with van der Waals surface area (Å²) in [5.74, 6) is 5.43. The molecule has 3 N–H and O–H groups in total. The van der Waals surface area contributed by atoms with E-state index in [0.29, 0.717) is 56.9 Å². The van der Waals surface area contributed by atoms with Gasteiger partial charge in [0.1, 0.15) is 6.17 Å². The fraction of sp³-hybridized carbons (Fsp3) is 0.467. The Labute approximate surface area is 236 Å². The van der Waals surface area contributed by atoms with E-state index in [9.17, 15) is 14.5 Å². The van der Waals surface area contributed by atoms with Gasteiger partial charge in [-0.05, 0) is 59.6 Å². The number of benzene rings is 2. The SMILES string of the molecule is CCCN(CCCN=O)C(=O)C1=Cc2ccc(-c3ccc(CCC(=O)OCC(C)C)cc3)cc2NC(N=NN)C1. The quantitative estimate of drug-likeness (QED) is 0.0772. The summed E-state index contributed by atoms with van der Waals surface area (Å²) in [7, 11) is 0. The third kappa shape index (κ3) is 9.00. The summed E-state index contributed by atoms with van der Waals surface area (Å²) in [5.41, 5.74) is 5.37. The molecule has 0 saturated heterocycles. The van der Waals surface area contributed by atoms with Gasteiger partial charge in [-0.3, -0.25) is 9.59 Å². The number of fused-ring (bicyclic) bond motifs is 1. The summed E-state index contributed by atoms with van der Waals surface area (Å²) in [6.45, 7) is 7.71. The lowest BCUT2D eigenvalue weighted by Gasteiger charge is -2.23.